The molecule has 1 fully saturated rings. The van der Waals surface area contributed by atoms with Gasteiger partial charge in [-0.2, -0.15) is 0 Å². The topological polar surface area (TPSA) is 12.0 Å². The third-order valence-electron chi connectivity index (χ3n) is 3.34. The van der Waals surface area contributed by atoms with E-state index in [0.717, 1.165) is 5.92 Å². The van der Waals surface area contributed by atoms with E-state index in [4.69, 9.17) is 0 Å². The van der Waals surface area contributed by atoms with E-state index in [0.29, 0.717) is 5.54 Å². The van der Waals surface area contributed by atoms with Gasteiger partial charge in [-0.05, 0) is 32.2 Å². The molecule has 0 aromatic carbocycles. The lowest BCUT2D eigenvalue weighted by Crippen LogP contribution is -2.56. The van der Waals surface area contributed by atoms with E-state index in [9.17, 15) is 0 Å². The standard InChI is InChI=1S/C9H19N/c1-4-8-6-7-9(8,5-2)10-3/h8,10H,4-7H2,1-3H3/t8-,9?/m0/s1. The summed E-state index contributed by atoms with van der Waals surface area (Å²) < 4.78 is 0. The van der Waals surface area contributed by atoms with Crippen molar-refractivity contribution in [3.8, 4) is 0 Å². The highest BCUT2D eigenvalue weighted by atomic mass is 15.0. The maximum absolute atomic E-state index is 3.47. The Morgan fingerprint density at radius 3 is 2.30 bits per heavy atom. The first-order valence-corrected chi connectivity index (χ1v) is 4.48. The van der Waals surface area contributed by atoms with E-state index in [2.05, 4.69) is 26.2 Å². The molecule has 2 atom stereocenters. The minimum atomic E-state index is 0.523. The molecule has 1 heteroatoms. The summed E-state index contributed by atoms with van der Waals surface area (Å²) in [5.74, 6) is 0.947. The number of rotatable bonds is 3. The van der Waals surface area contributed by atoms with Gasteiger partial charge in [0.1, 0.15) is 0 Å². The Hall–Kier alpha value is -0.0400. The summed E-state index contributed by atoms with van der Waals surface area (Å²) >= 11 is 0. The Kier molecular flexibility index (Phi) is 2.35. The van der Waals surface area contributed by atoms with Gasteiger partial charge in [0.2, 0.25) is 0 Å². The summed E-state index contributed by atoms with van der Waals surface area (Å²) in [5.41, 5.74) is 0.523. The van der Waals surface area contributed by atoms with Crippen molar-refractivity contribution in [2.75, 3.05) is 7.05 Å². The second kappa shape index (κ2) is 2.91. The van der Waals surface area contributed by atoms with Crippen molar-refractivity contribution in [1.82, 2.24) is 5.32 Å². The van der Waals surface area contributed by atoms with Crippen LogP contribution in [0.3, 0.4) is 0 Å². The lowest BCUT2D eigenvalue weighted by molar-refractivity contribution is 0.0828. The van der Waals surface area contributed by atoms with Gasteiger partial charge in [0.05, 0.1) is 0 Å². The van der Waals surface area contributed by atoms with Crippen LogP contribution in [-0.2, 0) is 0 Å². The van der Waals surface area contributed by atoms with Crippen molar-refractivity contribution in [3.63, 3.8) is 0 Å². The zero-order valence-corrected chi connectivity index (χ0v) is 7.41. The van der Waals surface area contributed by atoms with E-state index in [-0.39, 0.29) is 0 Å². The molecule has 0 amide bonds. The van der Waals surface area contributed by atoms with Gasteiger partial charge in [-0.25, -0.2) is 0 Å². The summed E-state index contributed by atoms with van der Waals surface area (Å²) in [6.45, 7) is 4.59. The van der Waals surface area contributed by atoms with Gasteiger partial charge in [0, 0.05) is 5.54 Å². The molecule has 0 radical (unpaired) electrons. The minimum absolute atomic E-state index is 0.523. The largest absolute Gasteiger partial charge is 0.314 e. The molecule has 1 aliphatic carbocycles. The highest BCUT2D eigenvalue weighted by Crippen LogP contribution is 2.42. The molecule has 0 aromatic rings. The van der Waals surface area contributed by atoms with Crippen LogP contribution in [0.25, 0.3) is 0 Å². The SMILES string of the molecule is CC[C@H]1CCC1(CC)NC. The predicted octanol–water partition coefficient (Wildman–Crippen LogP) is 2.17. The van der Waals surface area contributed by atoms with Gasteiger partial charge in [-0.15, -0.1) is 0 Å². The molecule has 1 aliphatic rings. The first-order chi connectivity index (χ1) is 4.79. The van der Waals surface area contributed by atoms with E-state index >= 15 is 0 Å². The van der Waals surface area contributed by atoms with Gasteiger partial charge >= 0.3 is 0 Å². The van der Waals surface area contributed by atoms with Crippen molar-refractivity contribution in [2.24, 2.45) is 5.92 Å². The van der Waals surface area contributed by atoms with E-state index in [1.807, 2.05) is 0 Å². The molecule has 0 spiro atoms. The Morgan fingerprint density at radius 2 is 2.20 bits per heavy atom. The molecule has 1 rings (SSSR count). The van der Waals surface area contributed by atoms with Crippen LogP contribution in [0.15, 0.2) is 0 Å². The quantitative estimate of drug-likeness (QED) is 0.635. The fourth-order valence-electron chi connectivity index (χ4n) is 2.26. The number of hydrogen-bond acceptors (Lipinski definition) is 1. The van der Waals surface area contributed by atoms with E-state index in [1.54, 1.807) is 0 Å². The summed E-state index contributed by atoms with van der Waals surface area (Å²) in [6.07, 6.45) is 5.46. The van der Waals surface area contributed by atoms with Crippen molar-refractivity contribution in [2.45, 2.75) is 45.1 Å². The van der Waals surface area contributed by atoms with Crippen molar-refractivity contribution in [3.05, 3.63) is 0 Å². The summed E-state index contributed by atoms with van der Waals surface area (Å²) in [7, 11) is 2.10. The predicted molar refractivity (Wildman–Crippen MR) is 45.1 cm³/mol. The molecule has 0 aromatic heterocycles. The van der Waals surface area contributed by atoms with Gasteiger partial charge in [-0.3, -0.25) is 0 Å². The smallest absolute Gasteiger partial charge is 0.0204 e. The van der Waals surface area contributed by atoms with Gasteiger partial charge < -0.3 is 5.32 Å². The third kappa shape index (κ3) is 0.968. The van der Waals surface area contributed by atoms with Crippen LogP contribution < -0.4 is 5.32 Å². The van der Waals surface area contributed by atoms with Gasteiger partial charge in [0.25, 0.3) is 0 Å². The van der Waals surface area contributed by atoms with E-state index in [1.165, 1.54) is 25.7 Å². The van der Waals surface area contributed by atoms with Crippen LogP contribution in [0.4, 0.5) is 0 Å². The van der Waals surface area contributed by atoms with Gasteiger partial charge in [0.15, 0.2) is 0 Å². The molecular formula is C9H19N. The molecule has 10 heavy (non-hydrogen) atoms. The molecule has 1 N–H and O–H groups in total. The van der Waals surface area contributed by atoms with E-state index < -0.39 is 0 Å². The van der Waals surface area contributed by atoms with Gasteiger partial charge in [-0.1, -0.05) is 20.3 Å². The maximum atomic E-state index is 3.47. The molecule has 1 unspecified atom stereocenters. The lowest BCUT2D eigenvalue weighted by Gasteiger charge is -2.49. The summed E-state index contributed by atoms with van der Waals surface area (Å²) in [6, 6.07) is 0. The van der Waals surface area contributed by atoms with Crippen LogP contribution in [0.2, 0.25) is 0 Å². The zero-order valence-electron chi connectivity index (χ0n) is 7.41. The van der Waals surface area contributed by atoms with Crippen molar-refractivity contribution < 1.29 is 0 Å². The van der Waals surface area contributed by atoms with Crippen LogP contribution >= 0.6 is 0 Å². The number of nitrogens with one attached hydrogen (secondary N) is 1. The van der Waals surface area contributed by atoms with Crippen LogP contribution in [0.5, 0.6) is 0 Å². The highest BCUT2D eigenvalue weighted by molar-refractivity contribution is 5.00. The molecule has 0 aliphatic heterocycles. The fourth-order valence-corrected chi connectivity index (χ4v) is 2.26. The lowest BCUT2D eigenvalue weighted by atomic mass is 9.64. The highest BCUT2D eigenvalue weighted by Gasteiger charge is 2.42. The monoisotopic (exact) mass is 141 g/mol. The molecule has 0 heterocycles. The Labute approximate surface area is 64.2 Å². The minimum Gasteiger partial charge on any atom is -0.314 e. The van der Waals surface area contributed by atoms with Crippen LogP contribution in [-0.4, -0.2) is 12.6 Å². The van der Waals surface area contributed by atoms with Crippen molar-refractivity contribution >= 4 is 0 Å². The van der Waals surface area contributed by atoms with Crippen molar-refractivity contribution in [1.29, 1.82) is 0 Å². The average Bonchev–Trinajstić information content (AvgIpc) is 1.90. The zero-order chi connectivity index (χ0) is 7.61. The molecule has 60 valence electrons. The molecule has 0 saturated heterocycles. The molecule has 1 saturated carbocycles. The maximum Gasteiger partial charge on any atom is 0.0204 e. The molecule has 0 bridgehead atoms. The number of hydrogen-bond donors (Lipinski definition) is 1. The Balaban J connectivity index is 2.48. The third-order valence-corrected chi connectivity index (χ3v) is 3.34. The second-order valence-electron chi connectivity index (χ2n) is 3.40. The first kappa shape index (κ1) is 8.06. The van der Waals surface area contributed by atoms with Crippen LogP contribution in [0.1, 0.15) is 39.5 Å². The fraction of sp³-hybridized carbons (Fsp3) is 1.00. The average molecular weight is 141 g/mol. The van der Waals surface area contributed by atoms with Crippen LogP contribution in [0, 0.1) is 5.92 Å². The Bertz CT molecular complexity index is 97.8. The molecule has 1 nitrogen and oxygen atoms in total. The molecular weight excluding hydrogens is 122 g/mol. The normalized spacial score (nSPS) is 39.3. The first-order valence-electron chi connectivity index (χ1n) is 4.48. The summed E-state index contributed by atoms with van der Waals surface area (Å²) in [5, 5.41) is 3.47. The summed E-state index contributed by atoms with van der Waals surface area (Å²) in [4.78, 5) is 0. The Morgan fingerprint density at radius 1 is 1.50 bits per heavy atom. The second-order valence-corrected chi connectivity index (χ2v) is 3.40.